The number of anilines is 3. The highest BCUT2D eigenvalue weighted by Gasteiger charge is 2.20. The fraction of sp³-hybridized carbons (Fsp3) is 0.0938. The molecule has 0 aliphatic carbocycles. The summed E-state index contributed by atoms with van der Waals surface area (Å²) in [5.74, 6) is -3.28. The number of carboxylic acids is 2. The molecular formula is C32H27N3O7. The van der Waals surface area contributed by atoms with E-state index in [0.717, 1.165) is 0 Å². The van der Waals surface area contributed by atoms with Crippen molar-refractivity contribution < 1.29 is 34.2 Å². The van der Waals surface area contributed by atoms with Crippen molar-refractivity contribution in [2.24, 2.45) is 0 Å². The molecule has 0 saturated carbocycles. The molecule has 4 aromatic rings. The lowest BCUT2D eigenvalue weighted by molar-refractivity contribution is 0.0686. The maximum atomic E-state index is 13.4. The van der Waals surface area contributed by atoms with Gasteiger partial charge >= 0.3 is 11.9 Å². The predicted octanol–water partition coefficient (Wildman–Crippen LogP) is 4.91. The number of rotatable bonds is 8. The molecule has 0 radical (unpaired) electrons. The number of nitrogens with zero attached hydrogens (tertiary/aromatic N) is 3. The quantitative estimate of drug-likeness (QED) is 0.310. The number of aromatic carboxylic acids is 2. The van der Waals surface area contributed by atoms with E-state index in [1.807, 2.05) is 0 Å². The molecule has 0 fully saturated rings. The van der Waals surface area contributed by atoms with Crippen LogP contribution >= 0.6 is 0 Å². The number of benzene rings is 4. The Balaban J connectivity index is 1.51. The highest BCUT2D eigenvalue weighted by Crippen LogP contribution is 2.23. The lowest BCUT2D eigenvalue weighted by Crippen LogP contribution is -2.29. The van der Waals surface area contributed by atoms with Crippen LogP contribution in [0.2, 0.25) is 0 Å². The SMILES string of the molecule is CN(C(=O)c1cccc(C(=O)N(C)c2cccc(C(=O)N(C)c3ccc(C(=O)O)cc3)c2)c1)c1ccc(C(=O)O)cc1. The van der Waals surface area contributed by atoms with Gasteiger partial charge in [0, 0.05) is 54.9 Å². The van der Waals surface area contributed by atoms with E-state index in [9.17, 15) is 24.0 Å². The first-order valence-electron chi connectivity index (χ1n) is 12.7. The Hall–Kier alpha value is -5.77. The van der Waals surface area contributed by atoms with Gasteiger partial charge in [-0.15, -0.1) is 0 Å². The Morgan fingerprint density at radius 1 is 0.429 bits per heavy atom. The predicted molar refractivity (Wildman–Crippen MR) is 158 cm³/mol. The van der Waals surface area contributed by atoms with Crippen molar-refractivity contribution in [3.05, 3.63) is 125 Å². The summed E-state index contributed by atoms with van der Waals surface area (Å²) >= 11 is 0. The summed E-state index contributed by atoms with van der Waals surface area (Å²) in [7, 11) is 4.68. The van der Waals surface area contributed by atoms with Crippen LogP contribution in [0.4, 0.5) is 17.1 Å². The second-order valence-electron chi connectivity index (χ2n) is 9.43. The lowest BCUT2D eigenvalue weighted by atomic mass is 10.1. The normalized spacial score (nSPS) is 10.5. The largest absolute Gasteiger partial charge is 0.478 e. The van der Waals surface area contributed by atoms with Crippen molar-refractivity contribution >= 4 is 46.7 Å². The van der Waals surface area contributed by atoms with Crippen LogP contribution in [-0.2, 0) is 0 Å². The number of amides is 3. The van der Waals surface area contributed by atoms with Gasteiger partial charge in [0.1, 0.15) is 0 Å². The van der Waals surface area contributed by atoms with Gasteiger partial charge < -0.3 is 24.9 Å². The Bertz CT molecular complexity index is 1680. The molecular weight excluding hydrogens is 538 g/mol. The molecule has 4 rings (SSSR count). The van der Waals surface area contributed by atoms with Gasteiger partial charge in [0.05, 0.1) is 11.1 Å². The van der Waals surface area contributed by atoms with Crippen molar-refractivity contribution in [1.29, 1.82) is 0 Å². The van der Waals surface area contributed by atoms with Crippen molar-refractivity contribution in [2.75, 3.05) is 35.8 Å². The standard InChI is InChI=1S/C32H27N3O7/c1-33(25-14-10-20(11-15-25)31(39)40)28(36)22-6-4-7-23(18-22)29(37)35(3)27-9-5-8-24(19-27)30(38)34(2)26-16-12-21(13-17-26)32(41)42/h4-19H,1-3H3,(H,39,40)(H,41,42). The van der Waals surface area contributed by atoms with E-state index in [1.54, 1.807) is 63.6 Å². The fourth-order valence-corrected chi connectivity index (χ4v) is 4.22. The second kappa shape index (κ2) is 12.2. The number of carbonyl (C=O) groups is 5. The van der Waals surface area contributed by atoms with Gasteiger partial charge in [-0.1, -0.05) is 12.1 Å². The van der Waals surface area contributed by atoms with Crippen LogP contribution in [0.3, 0.4) is 0 Å². The first kappa shape index (κ1) is 29.2. The Kier molecular flexibility index (Phi) is 8.47. The Morgan fingerprint density at radius 3 is 1.14 bits per heavy atom. The highest BCUT2D eigenvalue weighted by molar-refractivity contribution is 6.11. The molecule has 3 amide bonds. The Labute approximate surface area is 241 Å². The molecule has 4 aromatic carbocycles. The van der Waals surface area contributed by atoms with E-state index < -0.39 is 17.8 Å². The summed E-state index contributed by atoms with van der Waals surface area (Å²) in [6.07, 6.45) is 0. The smallest absolute Gasteiger partial charge is 0.335 e. The number of carbonyl (C=O) groups excluding carboxylic acids is 3. The maximum absolute atomic E-state index is 13.4. The molecule has 0 bridgehead atoms. The molecule has 0 saturated heterocycles. The third-order valence-electron chi connectivity index (χ3n) is 6.75. The summed E-state index contributed by atoms with van der Waals surface area (Å²) in [5.41, 5.74) is 2.48. The third kappa shape index (κ3) is 6.18. The molecule has 0 unspecified atom stereocenters. The van der Waals surface area contributed by atoms with Crippen LogP contribution < -0.4 is 14.7 Å². The maximum Gasteiger partial charge on any atom is 0.335 e. The molecule has 0 atom stereocenters. The van der Waals surface area contributed by atoms with Crippen LogP contribution in [0.1, 0.15) is 51.8 Å². The van der Waals surface area contributed by atoms with Crippen LogP contribution in [0, 0.1) is 0 Å². The van der Waals surface area contributed by atoms with Crippen molar-refractivity contribution in [2.45, 2.75) is 0 Å². The summed E-state index contributed by atoms with van der Waals surface area (Å²) < 4.78 is 0. The minimum atomic E-state index is -1.07. The average molecular weight is 566 g/mol. The van der Waals surface area contributed by atoms with Crippen LogP contribution in [0.15, 0.2) is 97.1 Å². The number of hydrogen-bond acceptors (Lipinski definition) is 5. The zero-order chi connectivity index (χ0) is 30.6. The van der Waals surface area contributed by atoms with E-state index in [4.69, 9.17) is 10.2 Å². The highest BCUT2D eigenvalue weighted by atomic mass is 16.4. The first-order chi connectivity index (χ1) is 20.0. The summed E-state index contributed by atoms with van der Waals surface area (Å²) in [6.45, 7) is 0. The summed E-state index contributed by atoms with van der Waals surface area (Å²) in [4.78, 5) is 66.0. The lowest BCUT2D eigenvalue weighted by Gasteiger charge is -2.21. The number of carboxylic acid groups (broad SMARTS) is 2. The van der Waals surface area contributed by atoms with Crippen molar-refractivity contribution in [3.63, 3.8) is 0 Å². The van der Waals surface area contributed by atoms with Crippen LogP contribution in [0.5, 0.6) is 0 Å². The minimum Gasteiger partial charge on any atom is -0.478 e. The molecule has 0 aromatic heterocycles. The van der Waals surface area contributed by atoms with E-state index in [-0.39, 0.29) is 34.1 Å². The average Bonchev–Trinajstić information content (AvgIpc) is 3.02. The van der Waals surface area contributed by atoms with Crippen LogP contribution in [-0.4, -0.2) is 61.0 Å². The van der Waals surface area contributed by atoms with Crippen LogP contribution in [0.25, 0.3) is 0 Å². The fourth-order valence-electron chi connectivity index (χ4n) is 4.22. The monoisotopic (exact) mass is 565 g/mol. The summed E-state index contributed by atoms with van der Waals surface area (Å²) in [6, 6.07) is 24.5. The topological polar surface area (TPSA) is 136 Å². The van der Waals surface area contributed by atoms with Gasteiger partial charge in [0.15, 0.2) is 0 Å². The second-order valence-corrected chi connectivity index (χ2v) is 9.43. The third-order valence-corrected chi connectivity index (χ3v) is 6.75. The molecule has 0 aliphatic heterocycles. The molecule has 212 valence electrons. The van der Waals surface area contributed by atoms with E-state index in [0.29, 0.717) is 22.6 Å². The number of hydrogen-bond donors (Lipinski definition) is 2. The Morgan fingerprint density at radius 2 is 0.762 bits per heavy atom. The zero-order valence-electron chi connectivity index (χ0n) is 23.0. The van der Waals surface area contributed by atoms with Crippen molar-refractivity contribution in [1.82, 2.24) is 0 Å². The van der Waals surface area contributed by atoms with Gasteiger partial charge in [0.25, 0.3) is 17.7 Å². The molecule has 2 N–H and O–H groups in total. The first-order valence-corrected chi connectivity index (χ1v) is 12.7. The minimum absolute atomic E-state index is 0.0991. The van der Waals surface area contributed by atoms with Gasteiger partial charge in [-0.05, 0) is 84.9 Å². The molecule has 0 heterocycles. The molecule has 10 nitrogen and oxygen atoms in total. The van der Waals surface area contributed by atoms with Gasteiger partial charge in [-0.2, -0.15) is 0 Å². The molecule has 0 aliphatic rings. The molecule has 0 spiro atoms. The zero-order valence-corrected chi connectivity index (χ0v) is 23.0. The summed E-state index contributed by atoms with van der Waals surface area (Å²) in [5, 5.41) is 18.2. The van der Waals surface area contributed by atoms with Gasteiger partial charge in [0.2, 0.25) is 0 Å². The van der Waals surface area contributed by atoms with E-state index in [1.165, 1.54) is 69.3 Å². The van der Waals surface area contributed by atoms with Crippen molar-refractivity contribution in [3.8, 4) is 0 Å². The van der Waals surface area contributed by atoms with Gasteiger partial charge in [-0.25, -0.2) is 9.59 Å². The van der Waals surface area contributed by atoms with Gasteiger partial charge in [-0.3, -0.25) is 14.4 Å². The molecule has 42 heavy (non-hydrogen) atoms. The molecule has 10 heteroatoms. The van der Waals surface area contributed by atoms with E-state index >= 15 is 0 Å². The van der Waals surface area contributed by atoms with E-state index in [2.05, 4.69) is 0 Å².